The molecule has 0 aliphatic rings. The van der Waals surface area contributed by atoms with Crippen LogP contribution in [0.4, 0.5) is 5.69 Å². The van der Waals surface area contributed by atoms with Crippen molar-refractivity contribution in [3.8, 4) is 0 Å². The van der Waals surface area contributed by atoms with Crippen molar-refractivity contribution in [2.75, 3.05) is 0 Å². The zero-order valence-corrected chi connectivity index (χ0v) is 17.5. The van der Waals surface area contributed by atoms with Crippen LogP contribution in [0.5, 0.6) is 0 Å². The molecule has 0 saturated heterocycles. The molecule has 3 nitrogen and oxygen atoms in total. The van der Waals surface area contributed by atoms with Crippen LogP contribution in [0.2, 0.25) is 5.02 Å². The second kappa shape index (κ2) is 10.7. The maximum atomic E-state index is 6.08. The first-order chi connectivity index (χ1) is 14.2. The molecule has 0 fully saturated rings. The van der Waals surface area contributed by atoms with E-state index in [0.717, 1.165) is 36.5 Å². The first-order valence-corrected chi connectivity index (χ1v) is 10.2. The topological polar surface area (TPSA) is 36.8 Å². The summed E-state index contributed by atoms with van der Waals surface area (Å²) in [5.41, 5.74) is 6.51. The molecule has 148 valence electrons. The van der Waals surface area contributed by atoms with Crippen molar-refractivity contribution in [1.82, 2.24) is 5.32 Å². The predicted octanol–water partition coefficient (Wildman–Crippen LogP) is 6.36. The Bertz CT molecular complexity index is 980. The molecule has 3 aromatic rings. The van der Waals surface area contributed by atoms with Gasteiger partial charge in [0.15, 0.2) is 0 Å². The lowest BCUT2D eigenvalue weighted by molar-refractivity contribution is 0.692. The predicted molar refractivity (Wildman–Crippen MR) is 125 cm³/mol. The van der Waals surface area contributed by atoms with Crippen LogP contribution >= 0.6 is 11.6 Å². The van der Waals surface area contributed by atoms with Crippen LogP contribution < -0.4 is 5.32 Å². The van der Waals surface area contributed by atoms with Gasteiger partial charge in [0, 0.05) is 29.4 Å². The van der Waals surface area contributed by atoms with Gasteiger partial charge >= 0.3 is 0 Å². The molecule has 3 aromatic carbocycles. The number of aliphatic imine (C=N–C) groups is 2. The largest absolute Gasteiger partial charge is 0.309 e. The minimum Gasteiger partial charge on any atom is -0.309 e. The van der Waals surface area contributed by atoms with Crippen LogP contribution in [0.25, 0.3) is 0 Å². The molecule has 0 unspecified atom stereocenters. The zero-order chi connectivity index (χ0) is 20.5. The van der Waals surface area contributed by atoms with E-state index in [2.05, 4.69) is 72.5 Å². The van der Waals surface area contributed by atoms with E-state index in [-0.39, 0.29) is 0 Å². The van der Waals surface area contributed by atoms with Crippen molar-refractivity contribution in [2.24, 2.45) is 9.98 Å². The fourth-order valence-corrected chi connectivity index (χ4v) is 3.41. The molecule has 1 N–H and O–H groups in total. The van der Waals surface area contributed by atoms with E-state index in [1.54, 1.807) is 0 Å². The number of hydrogen-bond acceptors (Lipinski definition) is 3. The molecule has 0 aliphatic carbocycles. The van der Waals surface area contributed by atoms with Crippen molar-refractivity contribution in [2.45, 2.75) is 33.0 Å². The van der Waals surface area contributed by atoms with Crippen molar-refractivity contribution in [1.29, 1.82) is 0 Å². The quantitative estimate of drug-likeness (QED) is 0.414. The summed E-state index contributed by atoms with van der Waals surface area (Å²) in [7, 11) is 0. The van der Waals surface area contributed by atoms with Gasteiger partial charge in [-0.3, -0.25) is 9.98 Å². The van der Waals surface area contributed by atoms with Gasteiger partial charge in [0.05, 0.1) is 12.2 Å². The number of halogens is 1. The number of rotatable bonds is 9. The van der Waals surface area contributed by atoms with Gasteiger partial charge in [-0.15, -0.1) is 0 Å². The second-order valence-corrected chi connectivity index (χ2v) is 7.28. The Kier molecular flexibility index (Phi) is 7.74. The summed E-state index contributed by atoms with van der Waals surface area (Å²) in [5, 5.41) is 4.15. The minimum atomic E-state index is 0.634. The SMILES string of the molecule is C=Nc1cc(Cl)ccc1C(CC)=NCc1cccc(CNCc2ccccc2)c1. The van der Waals surface area contributed by atoms with Crippen molar-refractivity contribution in [3.05, 3.63) is 100 Å². The molecule has 0 amide bonds. The lowest BCUT2D eigenvalue weighted by Gasteiger charge is -2.10. The third-order valence-electron chi connectivity index (χ3n) is 4.72. The molecule has 0 atom stereocenters. The Hall–Kier alpha value is -2.75. The summed E-state index contributed by atoms with van der Waals surface area (Å²) >= 11 is 6.08. The van der Waals surface area contributed by atoms with E-state index < -0.39 is 0 Å². The average molecular weight is 404 g/mol. The minimum absolute atomic E-state index is 0.634. The van der Waals surface area contributed by atoms with Crippen LogP contribution in [0.3, 0.4) is 0 Å². The molecule has 29 heavy (non-hydrogen) atoms. The van der Waals surface area contributed by atoms with Crippen LogP contribution in [-0.4, -0.2) is 12.4 Å². The van der Waals surface area contributed by atoms with Crippen molar-refractivity contribution in [3.63, 3.8) is 0 Å². The number of nitrogens with zero attached hydrogens (tertiary/aromatic N) is 2. The van der Waals surface area contributed by atoms with Gasteiger partial charge in [0.25, 0.3) is 0 Å². The van der Waals surface area contributed by atoms with E-state index in [9.17, 15) is 0 Å². The maximum absolute atomic E-state index is 6.08. The third kappa shape index (κ3) is 6.11. The highest BCUT2D eigenvalue weighted by molar-refractivity contribution is 6.31. The van der Waals surface area contributed by atoms with Crippen LogP contribution in [0.15, 0.2) is 82.8 Å². The van der Waals surface area contributed by atoms with Gasteiger partial charge < -0.3 is 5.32 Å². The summed E-state index contributed by atoms with van der Waals surface area (Å²) in [6.45, 7) is 8.08. The van der Waals surface area contributed by atoms with E-state index in [1.807, 2.05) is 24.3 Å². The average Bonchev–Trinajstić information content (AvgIpc) is 2.76. The Labute approximate surface area is 178 Å². The lowest BCUT2D eigenvalue weighted by Crippen LogP contribution is -2.12. The normalized spacial score (nSPS) is 11.4. The highest BCUT2D eigenvalue weighted by Gasteiger charge is 2.08. The van der Waals surface area contributed by atoms with Crippen LogP contribution in [0.1, 0.15) is 35.6 Å². The standard InChI is InChI=1S/C25H26ClN3/c1-3-24(23-13-12-22(26)15-25(23)27-2)29-18-21-11-7-10-20(14-21)17-28-16-19-8-5-4-6-9-19/h4-15,28H,2-3,16-18H2,1H3. The fraction of sp³-hybridized carbons (Fsp3) is 0.200. The van der Waals surface area contributed by atoms with Crippen LogP contribution in [-0.2, 0) is 19.6 Å². The molecule has 0 aliphatic heterocycles. The number of nitrogens with one attached hydrogen (secondary N) is 1. The first-order valence-electron chi connectivity index (χ1n) is 9.82. The summed E-state index contributed by atoms with van der Waals surface area (Å²) in [5.74, 6) is 0. The van der Waals surface area contributed by atoms with Crippen molar-refractivity contribution >= 4 is 29.7 Å². The Balaban J connectivity index is 1.66. The smallest absolute Gasteiger partial charge is 0.0727 e. The van der Waals surface area contributed by atoms with Gasteiger partial charge in [-0.1, -0.05) is 73.1 Å². The molecule has 0 saturated carbocycles. The molecule has 4 heteroatoms. The van der Waals surface area contributed by atoms with Gasteiger partial charge in [0.1, 0.15) is 0 Å². The highest BCUT2D eigenvalue weighted by atomic mass is 35.5. The molecule has 0 aromatic heterocycles. The summed E-state index contributed by atoms with van der Waals surface area (Å²) in [6.07, 6.45) is 0.822. The van der Waals surface area contributed by atoms with Gasteiger partial charge in [-0.2, -0.15) is 0 Å². The molecule has 0 bridgehead atoms. The summed E-state index contributed by atoms with van der Waals surface area (Å²) < 4.78 is 0. The molecule has 0 heterocycles. The maximum Gasteiger partial charge on any atom is 0.0727 e. The second-order valence-electron chi connectivity index (χ2n) is 6.85. The molecule has 0 spiro atoms. The highest BCUT2D eigenvalue weighted by Crippen LogP contribution is 2.25. The first kappa shape index (κ1) is 21.0. The van der Waals surface area contributed by atoms with Gasteiger partial charge in [-0.05, 0) is 48.0 Å². The van der Waals surface area contributed by atoms with E-state index in [4.69, 9.17) is 16.6 Å². The summed E-state index contributed by atoms with van der Waals surface area (Å²) in [4.78, 5) is 8.96. The van der Waals surface area contributed by atoms with Gasteiger partial charge in [-0.25, -0.2) is 0 Å². The monoisotopic (exact) mass is 403 g/mol. The van der Waals surface area contributed by atoms with Crippen LogP contribution in [0, 0.1) is 0 Å². The fourth-order valence-electron chi connectivity index (χ4n) is 3.24. The Morgan fingerprint density at radius 3 is 2.38 bits per heavy atom. The molecule has 0 radical (unpaired) electrons. The molecule has 3 rings (SSSR count). The number of benzene rings is 3. The van der Waals surface area contributed by atoms with E-state index >= 15 is 0 Å². The third-order valence-corrected chi connectivity index (χ3v) is 4.96. The zero-order valence-electron chi connectivity index (χ0n) is 16.7. The number of hydrogen-bond donors (Lipinski definition) is 1. The molecular formula is C25H26ClN3. The van der Waals surface area contributed by atoms with E-state index in [1.165, 1.54) is 16.7 Å². The Morgan fingerprint density at radius 2 is 1.62 bits per heavy atom. The Morgan fingerprint density at radius 1 is 0.897 bits per heavy atom. The van der Waals surface area contributed by atoms with E-state index in [0.29, 0.717) is 11.6 Å². The van der Waals surface area contributed by atoms with Gasteiger partial charge in [0.2, 0.25) is 0 Å². The van der Waals surface area contributed by atoms with Crippen molar-refractivity contribution < 1.29 is 0 Å². The lowest BCUT2D eigenvalue weighted by atomic mass is 10.1. The summed E-state index contributed by atoms with van der Waals surface area (Å²) in [6, 6.07) is 24.7. The molecular weight excluding hydrogens is 378 g/mol.